The minimum Gasteiger partial charge on any atom is -0.385 e. The van der Waals surface area contributed by atoms with Gasteiger partial charge in [0.15, 0.2) is 9.84 Å². The summed E-state index contributed by atoms with van der Waals surface area (Å²) >= 11 is 0. The molecule has 1 saturated heterocycles. The van der Waals surface area contributed by atoms with Crippen molar-refractivity contribution in [3.8, 4) is 0 Å². The summed E-state index contributed by atoms with van der Waals surface area (Å²) in [5.41, 5.74) is 0.940. The molecule has 1 aromatic carbocycles. The molecule has 1 heterocycles. The first-order valence-electron chi connectivity index (χ1n) is 11.1. The summed E-state index contributed by atoms with van der Waals surface area (Å²) in [6, 6.07) is 7.76. The molecule has 1 saturated carbocycles. The van der Waals surface area contributed by atoms with Crippen LogP contribution in [0.15, 0.2) is 24.3 Å². The van der Waals surface area contributed by atoms with Crippen molar-refractivity contribution in [2.24, 2.45) is 11.8 Å². The number of rotatable bonds is 6. The Kier molecular flexibility index (Phi) is 7.10. The van der Waals surface area contributed by atoms with Crippen LogP contribution in [0.2, 0.25) is 0 Å². The lowest BCUT2D eigenvalue weighted by molar-refractivity contribution is -0.123. The molecule has 1 aromatic rings. The maximum Gasteiger partial charge on any atom is 0.155 e. The molecule has 1 aliphatic carbocycles. The van der Waals surface area contributed by atoms with Crippen LogP contribution in [-0.2, 0) is 31.4 Å². The number of hydrogen-bond acceptors (Lipinski definition) is 5. The Labute approximate surface area is 181 Å². The molecule has 1 aliphatic heterocycles. The molecule has 168 valence electrons. The second kappa shape index (κ2) is 9.09. The highest BCUT2D eigenvalue weighted by molar-refractivity contribution is 7.92. The Hall–Kier alpha value is -1.24. The highest BCUT2D eigenvalue weighted by atomic mass is 32.2. The number of aliphatic hydroxyl groups is 1. The predicted molar refractivity (Wildman–Crippen MR) is 118 cm³/mol. The van der Waals surface area contributed by atoms with Crippen molar-refractivity contribution in [3.63, 3.8) is 0 Å². The summed E-state index contributed by atoms with van der Waals surface area (Å²) < 4.78 is 29.6. The van der Waals surface area contributed by atoms with Gasteiger partial charge < -0.3 is 9.84 Å². The monoisotopic (exact) mass is 436 g/mol. The summed E-state index contributed by atoms with van der Waals surface area (Å²) in [7, 11) is -3.12. The topological polar surface area (TPSA) is 80.7 Å². The van der Waals surface area contributed by atoms with Crippen molar-refractivity contribution >= 4 is 15.6 Å². The van der Waals surface area contributed by atoms with Crippen LogP contribution in [0, 0.1) is 11.8 Å². The second-order valence-electron chi connectivity index (χ2n) is 10.1. The summed E-state index contributed by atoms with van der Waals surface area (Å²) in [6.45, 7) is 6.36. The van der Waals surface area contributed by atoms with Crippen LogP contribution in [0.3, 0.4) is 0 Å². The van der Waals surface area contributed by atoms with E-state index in [9.17, 15) is 18.3 Å². The minimum atomic E-state index is -3.12. The van der Waals surface area contributed by atoms with Crippen LogP contribution in [0.25, 0.3) is 0 Å². The van der Waals surface area contributed by atoms with Gasteiger partial charge in [-0.25, -0.2) is 8.42 Å². The van der Waals surface area contributed by atoms with E-state index in [1.165, 1.54) is 0 Å². The smallest absolute Gasteiger partial charge is 0.155 e. The number of hydrogen-bond donors (Lipinski definition) is 1. The van der Waals surface area contributed by atoms with E-state index in [-0.39, 0.29) is 23.4 Å². The molecule has 0 amide bonds. The van der Waals surface area contributed by atoms with Crippen molar-refractivity contribution < 1.29 is 23.1 Å². The Morgan fingerprint density at radius 3 is 2.37 bits per heavy atom. The van der Waals surface area contributed by atoms with Crippen LogP contribution < -0.4 is 0 Å². The van der Waals surface area contributed by atoms with E-state index in [0.717, 1.165) is 36.8 Å². The third-order valence-corrected chi connectivity index (χ3v) is 9.63. The zero-order valence-electron chi connectivity index (χ0n) is 18.5. The fourth-order valence-electron chi connectivity index (χ4n) is 4.53. The Balaban J connectivity index is 1.56. The maximum absolute atomic E-state index is 12.9. The van der Waals surface area contributed by atoms with Crippen molar-refractivity contribution in [2.45, 2.75) is 76.1 Å². The summed E-state index contributed by atoms with van der Waals surface area (Å²) in [5.74, 6) is 0.614. The lowest BCUT2D eigenvalue weighted by Crippen LogP contribution is -2.35. The Morgan fingerprint density at radius 2 is 1.77 bits per heavy atom. The number of ketones is 1. The first-order chi connectivity index (χ1) is 14.0. The highest BCUT2D eigenvalue weighted by Gasteiger charge is 2.35. The number of sulfone groups is 1. The number of carbonyl (C=O) groups is 1. The molecular formula is C24H36O5S. The van der Waals surface area contributed by atoms with Crippen LogP contribution >= 0.6 is 0 Å². The normalized spacial score (nSPS) is 25.1. The van der Waals surface area contributed by atoms with E-state index in [2.05, 4.69) is 0 Å². The van der Waals surface area contributed by atoms with E-state index < -0.39 is 20.2 Å². The number of ether oxygens (including phenoxy) is 1. The van der Waals surface area contributed by atoms with Gasteiger partial charge in [-0.3, -0.25) is 4.79 Å². The van der Waals surface area contributed by atoms with Gasteiger partial charge in [-0.2, -0.15) is 0 Å². The van der Waals surface area contributed by atoms with E-state index in [1.807, 2.05) is 24.3 Å². The summed E-state index contributed by atoms with van der Waals surface area (Å²) in [6.07, 6.45) is 4.65. The third-order valence-electron chi connectivity index (χ3n) is 6.85. The standard InChI is InChI=1S/C24H36O5S/c1-23(2,3)30(27,28)17-18-7-9-20(10-8-18)22(25)16-19-5-4-6-21(15-19)24(26)11-13-29-14-12-24/h4-6,15,18,20,26H,7-14,16-17H2,1-3H3. The van der Waals surface area contributed by atoms with Gasteiger partial charge in [-0.15, -0.1) is 0 Å². The zero-order valence-corrected chi connectivity index (χ0v) is 19.3. The first kappa shape index (κ1) is 23.4. The average Bonchev–Trinajstić information content (AvgIpc) is 2.68. The Morgan fingerprint density at radius 1 is 1.13 bits per heavy atom. The fraction of sp³-hybridized carbons (Fsp3) is 0.708. The molecule has 3 rings (SSSR count). The lowest BCUT2D eigenvalue weighted by Gasteiger charge is -2.33. The molecular weight excluding hydrogens is 400 g/mol. The molecule has 0 radical (unpaired) electrons. The average molecular weight is 437 g/mol. The van der Waals surface area contributed by atoms with E-state index in [0.29, 0.717) is 32.5 Å². The number of carbonyl (C=O) groups excluding carboxylic acids is 1. The summed E-state index contributed by atoms with van der Waals surface area (Å²) in [5, 5.41) is 10.9. The van der Waals surface area contributed by atoms with Gasteiger partial charge in [0.25, 0.3) is 0 Å². The predicted octanol–water partition coefficient (Wildman–Crippen LogP) is 3.82. The molecule has 2 fully saturated rings. The van der Waals surface area contributed by atoms with Crippen LogP contribution in [0.5, 0.6) is 0 Å². The van der Waals surface area contributed by atoms with Gasteiger partial charge in [-0.1, -0.05) is 24.3 Å². The van der Waals surface area contributed by atoms with Gasteiger partial charge in [-0.05, 0) is 63.5 Å². The molecule has 5 nitrogen and oxygen atoms in total. The Bertz CT molecular complexity index is 839. The van der Waals surface area contributed by atoms with Gasteiger partial charge in [0.2, 0.25) is 0 Å². The van der Waals surface area contributed by atoms with E-state index in [4.69, 9.17) is 4.74 Å². The quantitative estimate of drug-likeness (QED) is 0.733. The van der Waals surface area contributed by atoms with Gasteiger partial charge in [0, 0.05) is 38.4 Å². The third kappa shape index (κ3) is 5.51. The van der Waals surface area contributed by atoms with Gasteiger partial charge in [0.1, 0.15) is 5.78 Å². The number of benzene rings is 1. The van der Waals surface area contributed by atoms with Crippen molar-refractivity contribution in [3.05, 3.63) is 35.4 Å². The highest BCUT2D eigenvalue weighted by Crippen LogP contribution is 2.34. The molecule has 1 N–H and O–H groups in total. The van der Waals surface area contributed by atoms with E-state index in [1.54, 1.807) is 20.8 Å². The minimum absolute atomic E-state index is 0.00779. The molecule has 0 bridgehead atoms. The van der Waals surface area contributed by atoms with E-state index >= 15 is 0 Å². The molecule has 0 atom stereocenters. The maximum atomic E-state index is 12.9. The molecule has 6 heteroatoms. The van der Waals surface area contributed by atoms with Gasteiger partial charge >= 0.3 is 0 Å². The fourth-order valence-corrected chi connectivity index (χ4v) is 5.98. The SMILES string of the molecule is CC(C)(C)S(=O)(=O)CC1CCC(C(=O)Cc2cccc(C3(O)CCOCC3)c2)CC1. The second-order valence-corrected chi connectivity index (χ2v) is 12.9. The van der Waals surface area contributed by atoms with Crippen LogP contribution in [-0.4, -0.2) is 43.0 Å². The van der Waals surface area contributed by atoms with Crippen molar-refractivity contribution in [1.29, 1.82) is 0 Å². The molecule has 0 unspecified atom stereocenters. The van der Waals surface area contributed by atoms with Crippen molar-refractivity contribution in [2.75, 3.05) is 19.0 Å². The zero-order chi connectivity index (χ0) is 22.0. The van der Waals surface area contributed by atoms with Gasteiger partial charge in [0.05, 0.1) is 16.1 Å². The van der Waals surface area contributed by atoms with Crippen molar-refractivity contribution in [1.82, 2.24) is 0 Å². The van der Waals surface area contributed by atoms with Crippen LogP contribution in [0.4, 0.5) is 0 Å². The van der Waals surface area contributed by atoms with Crippen LogP contribution in [0.1, 0.15) is 70.4 Å². The first-order valence-corrected chi connectivity index (χ1v) is 12.8. The number of Topliss-reactive ketones (excluding diaryl/α,β-unsaturated/α-hetero) is 1. The molecule has 0 aromatic heterocycles. The lowest BCUT2D eigenvalue weighted by atomic mass is 9.79. The molecule has 30 heavy (non-hydrogen) atoms. The largest absolute Gasteiger partial charge is 0.385 e. The summed E-state index contributed by atoms with van der Waals surface area (Å²) in [4.78, 5) is 12.9. The molecule has 2 aliphatic rings. The molecule has 0 spiro atoms.